The lowest BCUT2D eigenvalue weighted by atomic mass is 9.76. The van der Waals surface area contributed by atoms with Crippen molar-refractivity contribution in [3.63, 3.8) is 0 Å². The lowest BCUT2D eigenvalue weighted by molar-refractivity contribution is -0.167. The number of carbonyl (C=O) groups excluding carboxylic acids is 1. The van der Waals surface area contributed by atoms with Crippen LogP contribution in [0.2, 0.25) is 0 Å². The number of carbonyl (C=O) groups is 2. The fourth-order valence-corrected chi connectivity index (χ4v) is 2.72. The van der Waals surface area contributed by atoms with Crippen molar-refractivity contribution in [3.8, 4) is 0 Å². The standard InChI is InChI=1S/C17H30O4/c1-6-7-8-9-12-17(13(2)3,14(4)5)21-16(20)11-10-15(18)19/h10-11,13-14H,6-9,12H2,1-5H3,(H,18,19). The maximum atomic E-state index is 11.9. The third kappa shape index (κ3) is 6.78. The normalized spacial score (nSPS) is 12.3. The van der Waals surface area contributed by atoms with E-state index in [0.717, 1.165) is 37.8 Å². The maximum absolute atomic E-state index is 11.9. The van der Waals surface area contributed by atoms with Crippen LogP contribution in [0.25, 0.3) is 0 Å². The minimum atomic E-state index is -1.14. The zero-order chi connectivity index (χ0) is 16.5. The van der Waals surface area contributed by atoms with Gasteiger partial charge in [0.15, 0.2) is 0 Å². The Morgan fingerprint density at radius 2 is 1.62 bits per heavy atom. The van der Waals surface area contributed by atoms with Gasteiger partial charge in [-0.1, -0.05) is 53.9 Å². The molecule has 122 valence electrons. The predicted molar refractivity (Wildman–Crippen MR) is 84.0 cm³/mol. The van der Waals surface area contributed by atoms with E-state index in [1.54, 1.807) is 0 Å². The van der Waals surface area contributed by atoms with Crippen molar-refractivity contribution in [1.82, 2.24) is 0 Å². The van der Waals surface area contributed by atoms with Crippen LogP contribution >= 0.6 is 0 Å². The molecule has 0 aromatic heterocycles. The Balaban J connectivity index is 4.94. The van der Waals surface area contributed by atoms with Crippen LogP contribution in [-0.2, 0) is 14.3 Å². The van der Waals surface area contributed by atoms with Crippen LogP contribution < -0.4 is 0 Å². The third-order valence-corrected chi connectivity index (χ3v) is 4.03. The molecule has 0 amide bonds. The quantitative estimate of drug-likeness (QED) is 0.373. The molecule has 0 aliphatic carbocycles. The number of hydrogen-bond acceptors (Lipinski definition) is 3. The first kappa shape index (κ1) is 19.7. The molecular formula is C17H30O4. The Morgan fingerprint density at radius 3 is 2.05 bits per heavy atom. The number of carboxylic acid groups (broad SMARTS) is 1. The van der Waals surface area contributed by atoms with E-state index in [2.05, 4.69) is 6.92 Å². The molecule has 0 rings (SSSR count). The number of ether oxygens (including phenoxy) is 1. The fourth-order valence-electron chi connectivity index (χ4n) is 2.72. The molecular weight excluding hydrogens is 268 g/mol. The van der Waals surface area contributed by atoms with E-state index in [-0.39, 0.29) is 11.8 Å². The summed E-state index contributed by atoms with van der Waals surface area (Å²) in [4.78, 5) is 22.4. The first-order chi connectivity index (χ1) is 9.76. The number of esters is 1. The second-order valence-electron chi connectivity index (χ2n) is 6.17. The molecule has 0 aromatic rings. The van der Waals surface area contributed by atoms with E-state index in [1.165, 1.54) is 6.42 Å². The van der Waals surface area contributed by atoms with E-state index in [9.17, 15) is 9.59 Å². The topological polar surface area (TPSA) is 63.6 Å². The van der Waals surface area contributed by atoms with Crippen LogP contribution in [0.4, 0.5) is 0 Å². The van der Waals surface area contributed by atoms with E-state index in [0.29, 0.717) is 0 Å². The van der Waals surface area contributed by atoms with Gasteiger partial charge in [-0.25, -0.2) is 9.59 Å². The van der Waals surface area contributed by atoms with Gasteiger partial charge in [0.1, 0.15) is 5.60 Å². The molecule has 0 heterocycles. The van der Waals surface area contributed by atoms with Crippen molar-refractivity contribution in [2.75, 3.05) is 0 Å². The van der Waals surface area contributed by atoms with E-state index < -0.39 is 17.5 Å². The van der Waals surface area contributed by atoms with Crippen LogP contribution in [0.5, 0.6) is 0 Å². The number of aliphatic carboxylic acids is 1. The summed E-state index contributed by atoms with van der Waals surface area (Å²) in [6.45, 7) is 10.4. The highest BCUT2D eigenvalue weighted by Gasteiger charge is 2.40. The highest BCUT2D eigenvalue weighted by Crippen LogP contribution is 2.36. The lowest BCUT2D eigenvalue weighted by Crippen LogP contribution is -2.45. The molecule has 0 radical (unpaired) electrons. The molecule has 0 unspecified atom stereocenters. The summed E-state index contributed by atoms with van der Waals surface area (Å²) in [7, 11) is 0. The van der Waals surface area contributed by atoms with Crippen LogP contribution in [0.3, 0.4) is 0 Å². The number of unbranched alkanes of at least 4 members (excludes halogenated alkanes) is 3. The Morgan fingerprint density at radius 1 is 1.05 bits per heavy atom. The van der Waals surface area contributed by atoms with Crippen molar-refractivity contribution in [2.45, 2.75) is 72.3 Å². The fraction of sp³-hybridized carbons (Fsp3) is 0.765. The van der Waals surface area contributed by atoms with Crippen molar-refractivity contribution in [2.24, 2.45) is 11.8 Å². The van der Waals surface area contributed by atoms with Gasteiger partial charge >= 0.3 is 11.9 Å². The molecule has 0 aliphatic heterocycles. The van der Waals surface area contributed by atoms with Gasteiger partial charge in [-0.3, -0.25) is 0 Å². The molecule has 4 nitrogen and oxygen atoms in total. The van der Waals surface area contributed by atoms with E-state index in [4.69, 9.17) is 9.84 Å². The largest absolute Gasteiger partial charge is 0.478 e. The Bertz CT molecular complexity index is 348. The van der Waals surface area contributed by atoms with Gasteiger partial charge in [-0.2, -0.15) is 0 Å². The molecule has 0 bridgehead atoms. The first-order valence-electron chi connectivity index (χ1n) is 7.90. The maximum Gasteiger partial charge on any atom is 0.331 e. The van der Waals surface area contributed by atoms with Gasteiger partial charge in [0, 0.05) is 12.2 Å². The summed E-state index contributed by atoms with van der Waals surface area (Å²) in [6.07, 6.45) is 7.12. The van der Waals surface area contributed by atoms with Gasteiger partial charge in [0.25, 0.3) is 0 Å². The Labute approximate surface area is 128 Å². The van der Waals surface area contributed by atoms with Gasteiger partial charge in [0.2, 0.25) is 0 Å². The Hall–Kier alpha value is -1.32. The summed E-state index contributed by atoms with van der Waals surface area (Å²) >= 11 is 0. The first-order valence-corrected chi connectivity index (χ1v) is 7.90. The van der Waals surface area contributed by atoms with Crippen LogP contribution in [0.1, 0.15) is 66.7 Å². The van der Waals surface area contributed by atoms with Crippen LogP contribution in [0.15, 0.2) is 12.2 Å². The number of rotatable bonds is 10. The molecule has 1 N–H and O–H groups in total. The lowest BCUT2D eigenvalue weighted by Gasteiger charge is -2.40. The van der Waals surface area contributed by atoms with Crippen molar-refractivity contribution in [3.05, 3.63) is 12.2 Å². The highest BCUT2D eigenvalue weighted by molar-refractivity contribution is 5.90. The summed E-state index contributed by atoms with van der Waals surface area (Å²) in [5, 5.41) is 8.58. The van der Waals surface area contributed by atoms with Crippen LogP contribution in [0, 0.1) is 11.8 Å². The second-order valence-corrected chi connectivity index (χ2v) is 6.17. The number of hydrogen-bond donors (Lipinski definition) is 1. The summed E-state index contributed by atoms with van der Waals surface area (Å²) in [5.41, 5.74) is -0.534. The van der Waals surface area contributed by atoms with Gasteiger partial charge in [0.05, 0.1) is 0 Å². The predicted octanol–water partition coefficient (Wildman–Crippen LogP) is 4.19. The molecule has 0 aromatic carbocycles. The van der Waals surface area contributed by atoms with Gasteiger partial charge in [-0.05, 0) is 24.7 Å². The molecule has 0 fully saturated rings. The molecule has 0 aliphatic rings. The van der Waals surface area contributed by atoms with Gasteiger partial charge < -0.3 is 9.84 Å². The molecule has 0 saturated heterocycles. The van der Waals surface area contributed by atoms with Crippen molar-refractivity contribution >= 4 is 11.9 Å². The van der Waals surface area contributed by atoms with E-state index >= 15 is 0 Å². The molecule has 4 heteroatoms. The molecule has 0 atom stereocenters. The smallest absolute Gasteiger partial charge is 0.331 e. The minimum absolute atomic E-state index is 0.182. The highest BCUT2D eigenvalue weighted by atomic mass is 16.6. The third-order valence-electron chi connectivity index (χ3n) is 4.03. The molecule has 0 saturated carbocycles. The molecule has 0 spiro atoms. The van der Waals surface area contributed by atoms with E-state index in [1.807, 2.05) is 27.7 Å². The summed E-state index contributed by atoms with van der Waals surface area (Å²) in [6, 6.07) is 0. The van der Waals surface area contributed by atoms with Crippen molar-refractivity contribution in [1.29, 1.82) is 0 Å². The number of carboxylic acids is 1. The summed E-state index contributed by atoms with van der Waals surface area (Å²) in [5.74, 6) is -1.35. The van der Waals surface area contributed by atoms with Gasteiger partial charge in [-0.15, -0.1) is 0 Å². The zero-order valence-electron chi connectivity index (χ0n) is 14.0. The average Bonchev–Trinajstić information content (AvgIpc) is 2.39. The minimum Gasteiger partial charge on any atom is -0.478 e. The average molecular weight is 298 g/mol. The molecule has 21 heavy (non-hydrogen) atoms. The summed E-state index contributed by atoms with van der Waals surface area (Å²) < 4.78 is 5.70. The zero-order valence-corrected chi connectivity index (χ0v) is 14.0. The van der Waals surface area contributed by atoms with Crippen LogP contribution in [-0.4, -0.2) is 22.6 Å². The SMILES string of the molecule is CCCCCCC(OC(=O)C=CC(=O)O)(C(C)C)C(C)C. The van der Waals surface area contributed by atoms with Crippen molar-refractivity contribution < 1.29 is 19.4 Å². The monoisotopic (exact) mass is 298 g/mol. The Kier molecular flexibility index (Phi) is 8.98. The second kappa shape index (κ2) is 9.59.